The average Bonchev–Trinajstić information content (AvgIpc) is 2.87. The van der Waals surface area contributed by atoms with Gasteiger partial charge in [0.25, 0.3) is 5.91 Å². The Kier molecular flexibility index (Phi) is 3.67. The Hall–Kier alpha value is -2.09. The van der Waals surface area contributed by atoms with Crippen molar-refractivity contribution in [2.75, 3.05) is 13.2 Å². The van der Waals surface area contributed by atoms with E-state index >= 15 is 0 Å². The summed E-state index contributed by atoms with van der Waals surface area (Å²) in [6.07, 6.45) is 0. The number of carboxylic acids is 1. The molecule has 0 spiro atoms. The smallest absolute Gasteiger partial charge is 0.349 e. The van der Waals surface area contributed by atoms with Gasteiger partial charge in [0.1, 0.15) is 17.9 Å². The average molecular weight is 298 g/mol. The zero-order chi connectivity index (χ0) is 14.9. The first-order valence-electron chi connectivity index (χ1n) is 5.90. The van der Waals surface area contributed by atoms with Crippen LogP contribution in [0.4, 0.5) is 4.79 Å². The van der Waals surface area contributed by atoms with Gasteiger partial charge in [-0.3, -0.25) is 9.69 Å². The number of carbonyl (C=O) groups is 3. The molecule has 0 bridgehead atoms. The van der Waals surface area contributed by atoms with Gasteiger partial charge < -0.3 is 15.2 Å². The lowest BCUT2D eigenvalue weighted by Gasteiger charge is -2.16. The third-order valence-electron chi connectivity index (χ3n) is 2.84. The number of nitrogens with one attached hydrogen (secondary N) is 1. The van der Waals surface area contributed by atoms with Crippen molar-refractivity contribution in [2.24, 2.45) is 0 Å². The van der Waals surface area contributed by atoms with E-state index in [0.717, 1.165) is 16.2 Å². The number of aromatic carboxylic acids is 1. The molecule has 0 unspecified atom stereocenters. The molecule has 0 aromatic carbocycles. The van der Waals surface area contributed by atoms with E-state index in [9.17, 15) is 14.4 Å². The lowest BCUT2D eigenvalue weighted by atomic mass is 10.1. The molecule has 1 aliphatic rings. The number of thiophene rings is 1. The van der Waals surface area contributed by atoms with Crippen LogP contribution in [-0.2, 0) is 4.79 Å². The third kappa shape index (κ3) is 2.60. The number of ether oxygens (including phenoxy) is 1. The molecule has 2 rings (SSSR count). The molecule has 1 fully saturated rings. The van der Waals surface area contributed by atoms with E-state index in [1.54, 1.807) is 25.3 Å². The molecule has 1 saturated heterocycles. The fraction of sp³-hybridized carbons (Fsp3) is 0.417. The number of hydrogen-bond donors (Lipinski definition) is 2. The first-order valence-corrected chi connectivity index (χ1v) is 6.78. The van der Waals surface area contributed by atoms with Crippen molar-refractivity contribution in [3.63, 3.8) is 0 Å². The molecule has 1 aromatic heterocycles. The molecule has 1 aliphatic heterocycles. The summed E-state index contributed by atoms with van der Waals surface area (Å²) in [5.41, 5.74) is -0.911. The second-order valence-electron chi connectivity index (χ2n) is 4.78. The molecule has 0 atom stereocenters. The van der Waals surface area contributed by atoms with Crippen LogP contribution >= 0.6 is 11.3 Å². The monoisotopic (exact) mass is 298 g/mol. The zero-order valence-corrected chi connectivity index (χ0v) is 11.8. The van der Waals surface area contributed by atoms with Crippen LogP contribution in [0.2, 0.25) is 0 Å². The predicted molar refractivity (Wildman–Crippen MR) is 71.1 cm³/mol. The summed E-state index contributed by atoms with van der Waals surface area (Å²) in [7, 11) is 0. The number of rotatable bonds is 5. The Balaban J connectivity index is 1.94. The van der Waals surface area contributed by atoms with Crippen LogP contribution < -0.4 is 10.1 Å². The fourth-order valence-electron chi connectivity index (χ4n) is 1.83. The molecule has 20 heavy (non-hydrogen) atoms. The normalized spacial score (nSPS) is 17.2. The minimum atomic E-state index is -1.06. The van der Waals surface area contributed by atoms with Gasteiger partial charge in [-0.1, -0.05) is 0 Å². The van der Waals surface area contributed by atoms with Gasteiger partial charge in [-0.25, -0.2) is 9.59 Å². The summed E-state index contributed by atoms with van der Waals surface area (Å²) >= 11 is 1.06. The van der Waals surface area contributed by atoms with Crippen LogP contribution in [0.15, 0.2) is 11.4 Å². The van der Waals surface area contributed by atoms with Crippen LogP contribution in [0.25, 0.3) is 0 Å². The van der Waals surface area contributed by atoms with Crippen molar-refractivity contribution in [1.82, 2.24) is 10.2 Å². The van der Waals surface area contributed by atoms with Crippen molar-refractivity contribution in [3.8, 4) is 5.75 Å². The molecule has 7 nitrogen and oxygen atoms in total. The van der Waals surface area contributed by atoms with Gasteiger partial charge in [-0.2, -0.15) is 0 Å². The summed E-state index contributed by atoms with van der Waals surface area (Å²) in [4.78, 5) is 35.6. The van der Waals surface area contributed by atoms with Gasteiger partial charge in [0.15, 0.2) is 4.88 Å². The second-order valence-corrected chi connectivity index (χ2v) is 5.70. The van der Waals surface area contributed by atoms with E-state index in [1.807, 2.05) is 0 Å². The lowest BCUT2D eigenvalue weighted by Crippen LogP contribution is -2.40. The lowest BCUT2D eigenvalue weighted by molar-refractivity contribution is -0.130. The van der Waals surface area contributed by atoms with E-state index < -0.39 is 17.5 Å². The largest absolute Gasteiger partial charge is 0.490 e. The van der Waals surface area contributed by atoms with Crippen LogP contribution in [0.1, 0.15) is 23.5 Å². The molecule has 8 heteroatoms. The second kappa shape index (κ2) is 5.12. The van der Waals surface area contributed by atoms with Crippen molar-refractivity contribution < 1.29 is 24.2 Å². The molecule has 2 heterocycles. The fourth-order valence-corrected chi connectivity index (χ4v) is 2.51. The highest BCUT2D eigenvalue weighted by molar-refractivity contribution is 7.12. The Bertz CT molecular complexity index is 566. The highest BCUT2D eigenvalue weighted by Gasteiger charge is 2.43. The van der Waals surface area contributed by atoms with Crippen molar-refractivity contribution in [2.45, 2.75) is 19.4 Å². The van der Waals surface area contributed by atoms with Crippen molar-refractivity contribution >= 4 is 29.2 Å². The molecule has 3 amide bonds. The SMILES string of the molecule is CC1(C)NC(=O)N(CCOc2ccsc2C(=O)O)C1=O. The van der Waals surface area contributed by atoms with Crippen LogP contribution in [0, 0.1) is 0 Å². The molecular formula is C12H14N2O5S. The van der Waals surface area contributed by atoms with Crippen molar-refractivity contribution in [1.29, 1.82) is 0 Å². The van der Waals surface area contributed by atoms with Crippen molar-refractivity contribution in [3.05, 3.63) is 16.3 Å². The van der Waals surface area contributed by atoms with E-state index in [0.29, 0.717) is 0 Å². The molecule has 2 N–H and O–H groups in total. The summed E-state index contributed by atoms with van der Waals surface area (Å²) in [5, 5.41) is 13.1. The van der Waals surface area contributed by atoms with Crippen LogP contribution in [0.3, 0.4) is 0 Å². The van der Waals surface area contributed by atoms with E-state index in [-0.39, 0.29) is 29.7 Å². The van der Waals surface area contributed by atoms with Crippen LogP contribution in [-0.4, -0.2) is 46.6 Å². The van der Waals surface area contributed by atoms with Gasteiger partial charge in [-0.05, 0) is 25.3 Å². The minimum Gasteiger partial charge on any atom is -0.490 e. The van der Waals surface area contributed by atoms with E-state index in [2.05, 4.69) is 5.32 Å². The minimum absolute atomic E-state index is 0.0479. The number of hydrogen-bond acceptors (Lipinski definition) is 5. The maximum absolute atomic E-state index is 11.9. The van der Waals surface area contributed by atoms with Gasteiger partial charge in [0, 0.05) is 0 Å². The summed E-state index contributed by atoms with van der Waals surface area (Å²) in [6.45, 7) is 3.36. The van der Waals surface area contributed by atoms with E-state index in [1.165, 1.54) is 0 Å². The predicted octanol–water partition coefficient (Wildman–Crippen LogP) is 1.16. The molecule has 0 saturated carbocycles. The topological polar surface area (TPSA) is 95.9 Å². The summed E-state index contributed by atoms with van der Waals surface area (Å²) in [6, 6.07) is 1.08. The summed E-state index contributed by atoms with van der Waals surface area (Å²) < 4.78 is 5.32. The van der Waals surface area contributed by atoms with Gasteiger partial charge in [0.2, 0.25) is 0 Å². The third-order valence-corrected chi connectivity index (χ3v) is 3.72. The summed E-state index contributed by atoms with van der Waals surface area (Å²) in [5.74, 6) is -1.14. The molecular weight excluding hydrogens is 284 g/mol. The quantitative estimate of drug-likeness (QED) is 0.795. The number of carbonyl (C=O) groups excluding carboxylic acids is 2. The number of imide groups is 1. The highest BCUT2D eigenvalue weighted by Crippen LogP contribution is 2.24. The maximum atomic E-state index is 11.9. The molecule has 0 aliphatic carbocycles. The van der Waals surface area contributed by atoms with Gasteiger partial charge in [0.05, 0.1) is 6.54 Å². The Morgan fingerprint density at radius 3 is 2.75 bits per heavy atom. The number of carboxylic acid groups (broad SMARTS) is 1. The standard InChI is InChI=1S/C12H14N2O5S/c1-12(2)10(17)14(11(18)13-12)4-5-19-7-3-6-20-8(7)9(15)16/h3,6H,4-5H2,1-2H3,(H,13,18)(H,15,16). The maximum Gasteiger partial charge on any atom is 0.349 e. The Morgan fingerprint density at radius 1 is 1.50 bits per heavy atom. The Morgan fingerprint density at radius 2 is 2.20 bits per heavy atom. The number of nitrogens with zero attached hydrogens (tertiary/aromatic N) is 1. The first kappa shape index (κ1) is 14.3. The van der Waals surface area contributed by atoms with Crippen LogP contribution in [0.5, 0.6) is 5.75 Å². The zero-order valence-electron chi connectivity index (χ0n) is 11.0. The number of urea groups is 1. The highest BCUT2D eigenvalue weighted by atomic mass is 32.1. The number of amides is 3. The molecule has 1 aromatic rings. The Labute approximate surface area is 119 Å². The van der Waals surface area contributed by atoms with E-state index in [4.69, 9.17) is 9.84 Å². The van der Waals surface area contributed by atoms with Gasteiger partial charge >= 0.3 is 12.0 Å². The molecule has 0 radical (unpaired) electrons. The first-order chi connectivity index (χ1) is 9.33. The van der Waals surface area contributed by atoms with Gasteiger partial charge in [-0.15, -0.1) is 11.3 Å². The molecule has 108 valence electrons.